The Labute approximate surface area is 94.1 Å². The van der Waals surface area contributed by atoms with Crippen molar-refractivity contribution in [1.29, 1.82) is 0 Å². The van der Waals surface area contributed by atoms with Crippen LogP contribution in [0.4, 0.5) is 0 Å². The van der Waals surface area contributed by atoms with Gasteiger partial charge < -0.3 is 14.9 Å². The van der Waals surface area contributed by atoms with Gasteiger partial charge in [-0.25, -0.2) is 0 Å². The molecule has 1 aliphatic heterocycles. The van der Waals surface area contributed by atoms with Crippen molar-refractivity contribution < 1.29 is 5.11 Å². The standard InChI is InChI=1S/C12H26N2O/c1-3-12(11-15)5-6-14-9-7-13(4-2)8-10-14/h12,15H,3-11H2,1-2H3/t12-/m1/s1. The fourth-order valence-corrected chi connectivity index (χ4v) is 2.12. The van der Waals surface area contributed by atoms with Crippen molar-refractivity contribution in [3.63, 3.8) is 0 Å². The lowest BCUT2D eigenvalue weighted by Gasteiger charge is -2.34. The smallest absolute Gasteiger partial charge is 0.0459 e. The van der Waals surface area contributed by atoms with E-state index in [0.717, 1.165) is 19.4 Å². The Morgan fingerprint density at radius 3 is 2.13 bits per heavy atom. The SMILES string of the molecule is CC[C@@H](CO)CCN1CCN(CC)CC1. The fraction of sp³-hybridized carbons (Fsp3) is 1.00. The highest BCUT2D eigenvalue weighted by molar-refractivity contribution is 4.71. The van der Waals surface area contributed by atoms with Crippen molar-refractivity contribution in [1.82, 2.24) is 9.80 Å². The van der Waals surface area contributed by atoms with Gasteiger partial charge in [0.15, 0.2) is 0 Å². The fourth-order valence-electron chi connectivity index (χ4n) is 2.12. The molecule has 0 amide bonds. The zero-order chi connectivity index (χ0) is 11.1. The minimum absolute atomic E-state index is 0.353. The number of nitrogens with zero attached hydrogens (tertiary/aromatic N) is 2. The molecule has 1 heterocycles. The molecule has 0 unspecified atom stereocenters. The number of aliphatic hydroxyl groups is 1. The van der Waals surface area contributed by atoms with Gasteiger partial charge >= 0.3 is 0 Å². The highest BCUT2D eigenvalue weighted by atomic mass is 16.3. The maximum atomic E-state index is 9.11. The van der Waals surface area contributed by atoms with E-state index in [-0.39, 0.29) is 0 Å². The summed E-state index contributed by atoms with van der Waals surface area (Å²) in [5, 5.41) is 9.11. The van der Waals surface area contributed by atoms with Crippen LogP contribution in [0.3, 0.4) is 0 Å². The molecule has 3 nitrogen and oxygen atoms in total. The summed E-state index contributed by atoms with van der Waals surface area (Å²) in [5.41, 5.74) is 0. The molecule has 0 spiro atoms. The average Bonchev–Trinajstić information content (AvgIpc) is 2.31. The normalized spacial score (nSPS) is 21.8. The topological polar surface area (TPSA) is 26.7 Å². The van der Waals surface area contributed by atoms with Crippen LogP contribution in [0.2, 0.25) is 0 Å². The van der Waals surface area contributed by atoms with E-state index in [9.17, 15) is 0 Å². The van der Waals surface area contributed by atoms with Gasteiger partial charge in [-0.15, -0.1) is 0 Å². The molecular weight excluding hydrogens is 188 g/mol. The summed E-state index contributed by atoms with van der Waals surface area (Å²) in [5.74, 6) is 0.509. The molecule has 1 atom stereocenters. The quantitative estimate of drug-likeness (QED) is 0.715. The molecule has 0 aromatic heterocycles. The van der Waals surface area contributed by atoms with Crippen molar-refractivity contribution in [3.8, 4) is 0 Å². The van der Waals surface area contributed by atoms with Crippen LogP contribution < -0.4 is 0 Å². The number of aliphatic hydroxyl groups excluding tert-OH is 1. The summed E-state index contributed by atoms with van der Waals surface area (Å²) < 4.78 is 0. The molecular formula is C12H26N2O. The van der Waals surface area contributed by atoms with E-state index in [1.165, 1.54) is 32.7 Å². The summed E-state index contributed by atoms with van der Waals surface area (Å²) in [4.78, 5) is 5.03. The Morgan fingerprint density at radius 2 is 1.67 bits per heavy atom. The molecule has 1 rings (SSSR count). The van der Waals surface area contributed by atoms with Crippen LogP contribution in [-0.2, 0) is 0 Å². The minimum atomic E-state index is 0.353. The lowest BCUT2D eigenvalue weighted by molar-refractivity contribution is 0.122. The molecule has 3 heteroatoms. The molecule has 0 aliphatic carbocycles. The van der Waals surface area contributed by atoms with Crippen LogP contribution in [0.15, 0.2) is 0 Å². The number of likely N-dealkylation sites (N-methyl/N-ethyl adjacent to an activating group) is 1. The van der Waals surface area contributed by atoms with Crippen molar-refractivity contribution in [3.05, 3.63) is 0 Å². The van der Waals surface area contributed by atoms with Crippen LogP contribution in [0.5, 0.6) is 0 Å². The molecule has 0 radical (unpaired) electrons. The number of rotatable bonds is 6. The van der Waals surface area contributed by atoms with Gasteiger partial charge in [0.05, 0.1) is 0 Å². The van der Waals surface area contributed by atoms with Crippen molar-refractivity contribution in [2.45, 2.75) is 26.7 Å². The predicted octanol–water partition coefficient (Wildman–Crippen LogP) is 1.03. The molecule has 1 N–H and O–H groups in total. The van der Waals surface area contributed by atoms with Gasteiger partial charge in [-0.3, -0.25) is 0 Å². The Bertz CT molecular complexity index is 152. The second-order valence-corrected chi connectivity index (χ2v) is 4.52. The zero-order valence-corrected chi connectivity index (χ0v) is 10.3. The summed E-state index contributed by atoms with van der Waals surface area (Å²) >= 11 is 0. The van der Waals surface area contributed by atoms with Gasteiger partial charge in [-0.1, -0.05) is 20.3 Å². The summed E-state index contributed by atoms with van der Waals surface area (Å²) in [6, 6.07) is 0. The molecule has 1 fully saturated rings. The molecule has 0 aromatic rings. The Balaban J connectivity index is 2.12. The van der Waals surface area contributed by atoms with Crippen LogP contribution in [-0.4, -0.2) is 60.8 Å². The Morgan fingerprint density at radius 1 is 1.07 bits per heavy atom. The highest BCUT2D eigenvalue weighted by Gasteiger charge is 2.16. The van der Waals surface area contributed by atoms with E-state index in [2.05, 4.69) is 23.6 Å². The first-order valence-electron chi connectivity index (χ1n) is 6.35. The average molecular weight is 214 g/mol. The Hall–Kier alpha value is -0.120. The van der Waals surface area contributed by atoms with Crippen molar-refractivity contribution in [2.75, 3.05) is 45.9 Å². The zero-order valence-electron chi connectivity index (χ0n) is 10.3. The van der Waals surface area contributed by atoms with E-state index >= 15 is 0 Å². The second-order valence-electron chi connectivity index (χ2n) is 4.52. The van der Waals surface area contributed by atoms with Gasteiger partial charge in [-0.2, -0.15) is 0 Å². The molecule has 0 saturated carbocycles. The molecule has 0 aromatic carbocycles. The minimum Gasteiger partial charge on any atom is -0.396 e. The summed E-state index contributed by atoms with van der Waals surface area (Å²) in [7, 11) is 0. The lowest BCUT2D eigenvalue weighted by atomic mass is 10.0. The third kappa shape index (κ3) is 4.49. The largest absolute Gasteiger partial charge is 0.396 e. The van der Waals surface area contributed by atoms with E-state index in [0.29, 0.717) is 12.5 Å². The molecule has 1 saturated heterocycles. The molecule has 1 aliphatic rings. The molecule has 90 valence electrons. The van der Waals surface area contributed by atoms with Gasteiger partial charge in [0, 0.05) is 32.8 Å². The van der Waals surface area contributed by atoms with Crippen LogP contribution in [0.25, 0.3) is 0 Å². The second kappa shape index (κ2) is 7.20. The maximum Gasteiger partial charge on any atom is 0.0459 e. The van der Waals surface area contributed by atoms with Crippen molar-refractivity contribution in [2.24, 2.45) is 5.92 Å². The van der Waals surface area contributed by atoms with Gasteiger partial charge in [0.25, 0.3) is 0 Å². The van der Waals surface area contributed by atoms with E-state index < -0.39 is 0 Å². The Kier molecular flexibility index (Phi) is 6.22. The van der Waals surface area contributed by atoms with Gasteiger partial charge in [-0.05, 0) is 25.4 Å². The monoisotopic (exact) mass is 214 g/mol. The third-order valence-corrected chi connectivity index (χ3v) is 3.60. The van der Waals surface area contributed by atoms with E-state index in [4.69, 9.17) is 5.11 Å². The van der Waals surface area contributed by atoms with Crippen molar-refractivity contribution >= 4 is 0 Å². The summed E-state index contributed by atoms with van der Waals surface area (Å²) in [6.45, 7) is 11.9. The summed E-state index contributed by atoms with van der Waals surface area (Å²) in [6.07, 6.45) is 2.25. The molecule has 15 heavy (non-hydrogen) atoms. The third-order valence-electron chi connectivity index (χ3n) is 3.60. The number of hydrogen-bond donors (Lipinski definition) is 1. The first kappa shape index (κ1) is 12.9. The first-order chi connectivity index (χ1) is 7.30. The van der Waals surface area contributed by atoms with Crippen LogP contribution in [0, 0.1) is 5.92 Å². The number of hydrogen-bond acceptors (Lipinski definition) is 3. The highest BCUT2D eigenvalue weighted by Crippen LogP contribution is 2.09. The van der Waals surface area contributed by atoms with E-state index in [1.807, 2.05) is 0 Å². The van der Waals surface area contributed by atoms with E-state index in [1.54, 1.807) is 0 Å². The lowest BCUT2D eigenvalue weighted by Crippen LogP contribution is -2.46. The predicted molar refractivity (Wildman–Crippen MR) is 64.0 cm³/mol. The van der Waals surface area contributed by atoms with Crippen LogP contribution >= 0.6 is 0 Å². The maximum absolute atomic E-state index is 9.11. The van der Waals surface area contributed by atoms with Crippen LogP contribution in [0.1, 0.15) is 26.7 Å². The molecule has 0 bridgehead atoms. The number of piperazine rings is 1. The van der Waals surface area contributed by atoms with Gasteiger partial charge in [0.2, 0.25) is 0 Å². The first-order valence-corrected chi connectivity index (χ1v) is 6.35. The van der Waals surface area contributed by atoms with Gasteiger partial charge in [0.1, 0.15) is 0 Å².